The molecule has 0 aliphatic carbocycles. The van der Waals surface area contributed by atoms with Crippen molar-refractivity contribution in [2.75, 3.05) is 6.54 Å². The third-order valence-corrected chi connectivity index (χ3v) is 4.22. The Kier molecular flexibility index (Phi) is 5.84. The highest BCUT2D eigenvalue weighted by atomic mass is 79.9. The van der Waals surface area contributed by atoms with Gasteiger partial charge in [0, 0.05) is 27.9 Å². The van der Waals surface area contributed by atoms with Gasteiger partial charge in [-0.15, -0.1) is 11.8 Å². The van der Waals surface area contributed by atoms with Crippen LogP contribution in [0.1, 0.15) is 32.5 Å². The number of halogens is 1. The Morgan fingerprint density at radius 3 is 2.62 bits per heavy atom. The molecule has 0 aliphatic heterocycles. The van der Waals surface area contributed by atoms with Gasteiger partial charge >= 0.3 is 0 Å². The van der Waals surface area contributed by atoms with Crippen LogP contribution in [0.4, 0.5) is 0 Å². The smallest absolute Gasteiger partial charge is 0.227 e. The van der Waals surface area contributed by atoms with E-state index in [0.717, 1.165) is 29.0 Å². The molecule has 0 amide bonds. The van der Waals surface area contributed by atoms with Crippen molar-refractivity contribution in [3.8, 4) is 0 Å². The molecule has 4 nitrogen and oxygen atoms in total. The van der Waals surface area contributed by atoms with Gasteiger partial charge in [0.25, 0.3) is 0 Å². The Morgan fingerprint density at radius 1 is 1.24 bits per heavy atom. The molecule has 0 atom stereocenters. The molecule has 0 unspecified atom stereocenters. The first-order valence-corrected chi connectivity index (χ1v) is 8.65. The van der Waals surface area contributed by atoms with Crippen molar-refractivity contribution in [1.29, 1.82) is 0 Å². The van der Waals surface area contributed by atoms with E-state index in [0.29, 0.717) is 5.89 Å². The van der Waals surface area contributed by atoms with E-state index in [1.807, 2.05) is 12.1 Å². The normalized spacial score (nSPS) is 11.8. The molecule has 1 aromatic carbocycles. The zero-order valence-electron chi connectivity index (χ0n) is 12.5. The summed E-state index contributed by atoms with van der Waals surface area (Å²) in [5, 5.41) is 7.43. The van der Waals surface area contributed by atoms with Gasteiger partial charge in [0.1, 0.15) is 0 Å². The monoisotopic (exact) mass is 369 g/mol. The van der Waals surface area contributed by atoms with Gasteiger partial charge in [-0.25, -0.2) is 0 Å². The fourth-order valence-electron chi connectivity index (χ4n) is 1.67. The first kappa shape index (κ1) is 16.5. The molecule has 0 aliphatic rings. The molecular formula is C15H20BrN3OS. The van der Waals surface area contributed by atoms with Gasteiger partial charge in [0.05, 0.1) is 5.75 Å². The maximum absolute atomic E-state index is 5.26. The molecule has 6 heteroatoms. The fourth-order valence-corrected chi connectivity index (χ4v) is 2.68. The first-order valence-electron chi connectivity index (χ1n) is 6.87. The SMILES string of the molecule is CC(C)(C)NCCc1nc(CSc2ccc(Br)cc2)no1. The van der Waals surface area contributed by atoms with E-state index in [9.17, 15) is 0 Å². The quantitative estimate of drug-likeness (QED) is 0.778. The zero-order chi connectivity index (χ0) is 15.3. The molecule has 21 heavy (non-hydrogen) atoms. The van der Waals surface area contributed by atoms with E-state index in [2.05, 4.69) is 64.3 Å². The highest BCUT2D eigenvalue weighted by molar-refractivity contribution is 9.10. The highest BCUT2D eigenvalue weighted by Crippen LogP contribution is 2.23. The maximum Gasteiger partial charge on any atom is 0.227 e. The summed E-state index contributed by atoms with van der Waals surface area (Å²) in [7, 11) is 0. The van der Waals surface area contributed by atoms with Crippen LogP contribution in [0.15, 0.2) is 38.2 Å². The summed E-state index contributed by atoms with van der Waals surface area (Å²) in [4.78, 5) is 5.61. The molecule has 0 fully saturated rings. The number of aromatic nitrogens is 2. The Hall–Kier alpha value is -0.850. The summed E-state index contributed by atoms with van der Waals surface area (Å²) < 4.78 is 6.35. The third-order valence-electron chi connectivity index (χ3n) is 2.69. The Morgan fingerprint density at radius 2 is 1.95 bits per heavy atom. The molecule has 2 aromatic rings. The van der Waals surface area contributed by atoms with E-state index in [1.165, 1.54) is 4.90 Å². The predicted molar refractivity (Wildman–Crippen MR) is 89.5 cm³/mol. The topological polar surface area (TPSA) is 51.0 Å². The van der Waals surface area contributed by atoms with Gasteiger partial charge in [0.2, 0.25) is 5.89 Å². The molecule has 0 saturated carbocycles. The molecule has 0 bridgehead atoms. The number of thioether (sulfide) groups is 1. The van der Waals surface area contributed by atoms with Crippen molar-refractivity contribution in [2.24, 2.45) is 0 Å². The lowest BCUT2D eigenvalue weighted by atomic mass is 10.1. The van der Waals surface area contributed by atoms with E-state index in [-0.39, 0.29) is 5.54 Å². The lowest BCUT2D eigenvalue weighted by Crippen LogP contribution is -2.37. The lowest BCUT2D eigenvalue weighted by Gasteiger charge is -2.19. The van der Waals surface area contributed by atoms with Gasteiger partial charge in [-0.1, -0.05) is 21.1 Å². The lowest BCUT2D eigenvalue weighted by molar-refractivity contribution is 0.359. The van der Waals surface area contributed by atoms with Crippen LogP contribution < -0.4 is 5.32 Å². The van der Waals surface area contributed by atoms with Gasteiger partial charge < -0.3 is 9.84 Å². The van der Waals surface area contributed by atoms with Crippen LogP contribution in [0.25, 0.3) is 0 Å². The summed E-state index contributed by atoms with van der Waals surface area (Å²) >= 11 is 5.13. The van der Waals surface area contributed by atoms with Crippen molar-refractivity contribution in [1.82, 2.24) is 15.5 Å². The van der Waals surface area contributed by atoms with Crippen LogP contribution in [0.3, 0.4) is 0 Å². The first-order chi connectivity index (χ1) is 9.92. The van der Waals surface area contributed by atoms with Gasteiger partial charge in [0.15, 0.2) is 5.82 Å². The van der Waals surface area contributed by atoms with Crippen LogP contribution in [-0.2, 0) is 12.2 Å². The van der Waals surface area contributed by atoms with Crippen molar-refractivity contribution >= 4 is 27.7 Å². The number of nitrogens with zero attached hydrogens (tertiary/aromatic N) is 2. The van der Waals surface area contributed by atoms with Gasteiger partial charge in [-0.2, -0.15) is 4.98 Å². The van der Waals surface area contributed by atoms with Crippen LogP contribution in [0, 0.1) is 0 Å². The molecular weight excluding hydrogens is 350 g/mol. The number of benzene rings is 1. The van der Waals surface area contributed by atoms with E-state index < -0.39 is 0 Å². The molecule has 1 aromatic heterocycles. The van der Waals surface area contributed by atoms with Crippen LogP contribution in [0.2, 0.25) is 0 Å². The minimum Gasteiger partial charge on any atom is -0.339 e. The summed E-state index contributed by atoms with van der Waals surface area (Å²) in [5.74, 6) is 2.16. The fraction of sp³-hybridized carbons (Fsp3) is 0.467. The van der Waals surface area contributed by atoms with Crippen LogP contribution >= 0.6 is 27.7 Å². The summed E-state index contributed by atoms with van der Waals surface area (Å²) in [6.07, 6.45) is 0.757. The Labute approximate surface area is 138 Å². The van der Waals surface area contributed by atoms with Crippen molar-refractivity contribution in [3.05, 3.63) is 40.5 Å². The average molecular weight is 370 g/mol. The Bertz CT molecular complexity index is 563. The number of hydrogen-bond acceptors (Lipinski definition) is 5. The second-order valence-corrected chi connectivity index (χ2v) is 7.74. The molecule has 1 heterocycles. The largest absolute Gasteiger partial charge is 0.339 e. The van der Waals surface area contributed by atoms with Crippen molar-refractivity contribution in [3.63, 3.8) is 0 Å². The van der Waals surface area contributed by atoms with Gasteiger partial charge in [-0.05, 0) is 45.0 Å². The minimum atomic E-state index is 0.111. The Balaban J connectivity index is 1.79. The molecule has 1 N–H and O–H groups in total. The summed E-state index contributed by atoms with van der Waals surface area (Å²) in [5.41, 5.74) is 0.111. The second-order valence-electron chi connectivity index (χ2n) is 5.77. The molecule has 114 valence electrons. The predicted octanol–water partition coefficient (Wildman–Crippen LogP) is 4.06. The minimum absolute atomic E-state index is 0.111. The van der Waals surface area contributed by atoms with E-state index in [1.54, 1.807) is 11.8 Å². The maximum atomic E-state index is 5.26. The molecule has 0 saturated heterocycles. The number of hydrogen-bond donors (Lipinski definition) is 1. The van der Waals surface area contributed by atoms with Crippen LogP contribution in [0.5, 0.6) is 0 Å². The molecule has 0 radical (unpaired) electrons. The highest BCUT2D eigenvalue weighted by Gasteiger charge is 2.10. The molecule has 2 rings (SSSR count). The van der Waals surface area contributed by atoms with E-state index in [4.69, 9.17) is 4.52 Å². The third kappa shape index (κ3) is 6.20. The van der Waals surface area contributed by atoms with Crippen LogP contribution in [-0.4, -0.2) is 22.2 Å². The number of nitrogens with one attached hydrogen (secondary N) is 1. The summed E-state index contributed by atoms with van der Waals surface area (Å²) in [6, 6.07) is 8.20. The zero-order valence-corrected chi connectivity index (χ0v) is 14.9. The standard InChI is InChI=1S/C15H20BrN3OS/c1-15(2,3)17-9-8-14-18-13(19-20-14)10-21-12-6-4-11(16)5-7-12/h4-7,17H,8-10H2,1-3H3. The molecule has 0 spiro atoms. The average Bonchev–Trinajstić information content (AvgIpc) is 2.85. The van der Waals surface area contributed by atoms with E-state index >= 15 is 0 Å². The number of rotatable bonds is 6. The van der Waals surface area contributed by atoms with Gasteiger partial charge in [-0.3, -0.25) is 0 Å². The van der Waals surface area contributed by atoms with Crippen molar-refractivity contribution in [2.45, 2.75) is 43.4 Å². The summed E-state index contributed by atoms with van der Waals surface area (Å²) in [6.45, 7) is 7.26. The second kappa shape index (κ2) is 7.42. The van der Waals surface area contributed by atoms with Crippen molar-refractivity contribution < 1.29 is 4.52 Å².